The number of piperidine rings is 1. The molecule has 3 aromatic rings. The van der Waals surface area contributed by atoms with Crippen molar-refractivity contribution in [3.63, 3.8) is 0 Å². The molecule has 1 N–H and O–H groups in total. The first-order valence-corrected chi connectivity index (χ1v) is 12.4. The van der Waals surface area contributed by atoms with Gasteiger partial charge in [0.1, 0.15) is 5.82 Å². The van der Waals surface area contributed by atoms with Crippen LogP contribution >= 0.6 is 11.8 Å². The van der Waals surface area contributed by atoms with Crippen LogP contribution in [0.25, 0.3) is 5.69 Å². The summed E-state index contributed by atoms with van der Waals surface area (Å²) in [6.07, 6.45) is 3.56. The number of amides is 1. The molecular formula is C25H28FN5O2S. The van der Waals surface area contributed by atoms with E-state index >= 15 is 0 Å². The quantitative estimate of drug-likeness (QED) is 0.365. The minimum atomic E-state index is -0.311. The second kappa shape index (κ2) is 10.9. The number of Topliss-reactive ketones (excluding diaryl/α,β-unsaturated/α-hetero) is 1. The fourth-order valence-electron chi connectivity index (χ4n) is 4.10. The zero-order chi connectivity index (χ0) is 24.1. The molecule has 1 aromatic heterocycles. The molecule has 0 saturated carbocycles. The maximum atomic E-state index is 13.6. The minimum absolute atomic E-state index is 0.0456. The van der Waals surface area contributed by atoms with Crippen molar-refractivity contribution in [2.75, 3.05) is 24.2 Å². The summed E-state index contributed by atoms with van der Waals surface area (Å²) >= 11 is 1.31. The van der Waals surface area contributed by atoms with Gasteiger partial charge in [-0.05, 0) is 81.4 Å². The van der Waals surface area contributed by atoms with E-state index in [4.69, 9.17) is 0 Å². The highest BCUT2D eigenvalue weighted by atomic mass is 32.2. The Kier molecular flexibility index (Phi) is 7.74. The molecular weight excluding hydrogens is 453 g/mol. The first kappa shape index (κ1) is 24.1. The number of benzene rings is 2. The van der Waals surface area contributed by atoms with Crippen molar-refractivity contribution < 1.29 is 14.0 Å². The van der Waals surface area contributed by atoms with Crippen molar-refractivity contribution in [2.45, 2.75) is 44.3 Å². The van der Waals surface area contributed by atoms with Crippen LogP contribution in [0.4, 0.5) is 10.1 Å². The number of likely N-dealkylation sites (tertiary alicyclic amines) is 1. The van der Waals surface area contributed by atoms with Gasteiger partial charge in [0.25, 0.3) is 0 Å². The van der Waals surface area contributed by atoms with Crippen molar-refractivity contribution in [1.82, 2.24) is 19.7 Å². The number of hydrogen-bond donors (Lipinski definition) is 1. The summed E-state index contributed by atoms with van der Waals surface area (Å²) in [7, 11) is 0. The Balaban J connectivity index is 1.55. The van der Waals surface area contributed by atoms with Gasteiger partial charge in [0.15, 0.2) is 16.8 Å². The Morgan fingerprint density at radius 1 is 1.03 bits per heavy atom. The monoisotopic (exact) mass is 481 g/mol. The summed E-state index contributed by atoms with van der Waals surface area (Å²) in [6, 6.07) is 13.1. The van der Waals surface area contributed by atoms with Crippen LogP contribution in [0.3, 0.4) is 0 Å². The molecule has 1 saturated heterocycles. The highest BCUT2D eigenvalue weighted by Crippen LogP contribution is 2.30. The Morgan fingerprint density at radius 2 is 1.71 bits per heavy atom. The average Bonchev–Trinajstić information content (AvgIpc) is 3.27. The van der Waals surface area contributed by atoms with Gasteiger partial charge in [0.05, 0.1) is 11.8 Å². The highest BCUT2D eigenvalue weighted by molar-refractivity contribution is 7.99. The maximum absolute atomic E-state index is 13.6. The van der Waals surface area contributed by atoms with Gasteiger partial charge >= 0.3 is 0 Å². The van der Waals surface area contributed by atoms with E-state index < -0.39 is 0 Å². The Labute approximate surface area is 202 Å². The third-order valence-electron chi connectivity index (χ3n) is 5.91. The van der Waals surface area contributed by atoms with Gasteiger partial charge in [-0.3, -0.25) is 19.1 Å². The maximum Gasteiger partial charge on any atom is 0.221 e. The van der Waals surface area contributed by atoms with E-state index in [-0.39, 0.29) is 29.3 Å². The van der Waals surface area contributed by atoms with Crippen molar-refractivity contribution >= 4 is 29.1 Å². The van der Waals surface area contributed by atoms with Gasteiger partial charge in [-0.25, -0.2) is 4.39 Å². The molecule has 2 heterocycles. The van der Waals surface area contributed by atoms with Gasteiger partial charge in [0, 0.05) is 23.9 Å². The number of aromatic nitrogens is 3. The molecule has 1 aliphatic rings. The third kappa shape index (κ3) is 5.71. The molecule has 1 unspecified atom stereocenters. The fraction of sp³-hybridized carbons (Fsp3) is 0.360. The zero-order valence-corrected chi connectivity index (χ0v) is 20.1. The summed E-state index contributed by atoms with van der Waals surface area (Å²) in [6.45, 7) is 5.57. The highest BCUT2D eigenvalue weighted by Gasteiger charge is 2.26. The fourth-order valence-corrected chi connectivity index (χ4v) is 4.96. The van der Waals surface area contributed by atoms with E-state index in [0.717, 1.165) is 37.4 Å². The van der Waals surface area contributed by atoms with Crippen LogP contribution in [-0.2, 0) is 4.79 Å². The van der Waals surface area contributed by atoms with Crippen LogP contribution in [0.15, 0.2) is 53.7 Å². The predicted octanol–water partition coefficient (Wildman–Crippen LogP) is 4.89. The Hall–Kier alpha value is -3.04. The van der Waals surface area contributed by atoms with Gasteiger partial charge in [-0.2, -0.15) is 0 Å². The van der Waals surface area contributed by atoms with E-state index in [2.05, 4.69) is 27.3 Å². The van der Waals surface area contributed by atoms with Gasteiger partial charge in [-0.15, -0.1) is 10.2 Å². The molecule has 7 nitrogen and oxygen atoms in total. The first-order valence-electron chi connectivity index (χ1n) is 11.4. The molecule has 34 heavy (non-hydrogen) atoms. The summed E-state index contributed by atoms with van der Waals surface area (Å²) in [4.78, 5) is 26.4. The van der Waals surface area contributed by atoms with Crippen molar-refractivity contribution in [1.29, 1.82) is 0 Å². The van der Waals surface area contributed by atoms with Crippen LogP contribution < -0.4 is 5.32 Å². The molecule has 0 radical (unpaired) electrons. The van der Waals surface area contributed by atoms with Crippen molar-refractivity contribution in [3.05, 3.63) is 65.7 Å². The van der Waals surface area contributed by atoms with Crippen LogP contribution in [0.2, 0.25) is 0 Å². The number of ketones is 1. The number of nitrogens with zero attached hydrogens (tertiary/aromatic N) is 4. The second-order valence-electron chi connectivity index (χ2n) is 8.40. The zero-order valence-electron chi connectivity index (χ0n) is 19.3. The minimum Gasteiger partial charge on any atom is -0.326 e. The lowest BCUT2D eigenvalue weighted by atomic mass is 10.1. The van der Waals surface area contributed by atoms with Crippen molar-refractivity contribution in [2.24, 2.45) is 0 Å². The normalized spacial score (nSPS) is 15.1. The van der Waals surface area contributed by atoms with E-state index in [1.165, 1.54) is 37.2 Å². The second-order valence-corrected chi connectivity index (χ2v) is 9.34. The summed E-state index contributed by atoms with van der Waals surface area (Å²) in [5, 5.41) is 12.2. The number of rotatable bonds is 8. The summed E-state index contributed by atoms with van der Waals surface area (Å²) in [5.41, 5.74) is 1.96. The third-order valence-corrected chi connectivity index (χ3v) is 6.84. The Morgan fingerprint density at radius 3 is 2.35 bits per heavy atom. The predicted molar refractivity (Wildman–Crippen MR) is 131 cm³/mol. The lowest BCUT2D eigenvalue weighted by Crippen LogP contribution is -2.33. The number of thioether (sulfide) groups is 1. The Bertz CT molecular complexity index is 1140. The topological polar surface area (TPSA) is 80.1 Å². The largest absolute Gasteiger partial charge is 0.326 e. The van der Waals surface area contributed by atoms with Crippen LogP contribution in [-0.4, -0.2) is 50.2 Å². The molecule has 1 atom stereocenters. The standard InChI is InChI=1S/C25H28FN5O2S/c1-17(30-14-4-3-5-15-30)24-28-29-25(31(24)22-12-8-20(26)9-13-22)34-16-23(33)19-6-10-21(11-7-19)27-18(2)32/h6-13,17H,3-5,14-16H2,1-2H3,(H,27,32). The molecule has 2 aromatic carbocycles. The van der Waals surface area contributed by atoms with Crippen molar-refractivity contribution in [3.8, 4) is 5.69 Å². The van der Waals surface area contributed by atoms with Crippen LogP contribution in [0, 0.1) is 5.82 Å². The number of nitrogens with one attached hydrogen (secondary N) is 1. The van der Waals surface area contributed by atoms with Gasteiger partial charge in [0.2, 0.25) is 5.91 Å². The van der Waals surface area contributed by atoms with Gasteiger partial charge in [-0.1, -0.05) is 18.2 Å². The number of hydrogen-bond acceptors (Lipinski definition) is 6. The van der Waals surface area contributed by atoms with E-state index in [1.54, 1.807) is 36.4 Å². The molecule has 1 aliphatic heterocycles. The molecule has 9 heteroatoms. The molecule has 0 bridgehead atoms. The lowest BCUT2D eigenvalue weighted by Gasteiger charge is -2.31. The van der Waals surface area contributed by atoms with E-state index in [1.807, 2.05) is 4.57 Å². The van der Waals surface area contributed by atoms with E-state index in [9.17, 15) is 14.0 Å². The molecule has 4 rings (SSSR count). The first-order chi connectivity index (χ1) is 16.4. The molecule has 1 fully saturated rings. The number of carbonyl (C=O) groups excluding carboxylic acids is 2. The molecule has 0 aliphatic carbocycles. The summed E-state index contributed by atoms with van der Waals surface area (Å²) in [5.74, 6) is 0.428. The van der Waals surface area contributed by atoms with E-state index in [0.29, 0.717) is 16.4 Å². The summed E-state index contributed by atoms with van der Waals surface area (Å²) < 4.78 is 15.5. The number of halogens is 1. The van der Waals surface area contributed by atoms with Crippen LogP contribution in [0.1, 0.15) is 55.3 Å². The van der Waals surface area contributed by atoms with Gasteiger partial charge < -0.3 is 5.32 Å². The SMILES string of the molecule is CC(=O)Nc1ccc(C(=O)CSc2nnc(C(C)N3CCCCC3)n2-c2ccc(F)cc2)cc1. The molecule has 0 spiro atoms. The smallest absolute Gasteiger partial charge is 0.221 e. The molecule has 178 valence electrons. The average molecular weight is 482 g/mol. The number of anilines is 1. The number of carbonyl (C=O) groups is 2. The van der Waals surface area contributed by atoms with Crippen LogP contribution in [0.5, 0.6) is 0 Å². The molecule has 1 amide bonds. The lowest BCUT2D eigenvalue weighted by molar-refractivity contribution is -0.114.